The van der Waals surface area contributed by atoms with E-state index in [-0.39, 0.29) is 5.91 Å². The quantitative estimate of drug-likeness (QED) is 0.497. The normalized spacial score (nSPS) is 13.7. The molecule has 1 aromatic carbocycles. The maximum atomic E-state index is 12.9. The predicted octanol–water partition coefficient (Wildman–Crippen LogP) is 4.88. The van der Waals surface area contributed by atoms with E-state index in [2.05, 4.69) is 32.6 Å². The van der Waals surface area contributed by atoms with Crippen LogP contribution in [0.4, 0.5) is 5.13 Å². The molecule has 0 aliphatic heterocycles. The van der Waals surface area contributed by atoms with Crippen molar-refractivity contribution < 1.29 is 4.79 Å². The minimum Gasteiger partial charge on any atom is -0.296 e. The van der Waals surface area contributed by atoms with E-state index in [1.165, 1.54) is 28.2 Å². The van der Waals surface area contributed by atoms with Gasteiger partial charge < -0.3 is 0 Å². The van der Waals surface area contributed by atoms with Crippen molar-refractivity contribution in [3.63, 3.8) is 0 Å². The summed E-state index contributed by atoms with van der Waals surface area (Å²) in [6, 6.07) is 10.1. The largest absolute Gasteiger partial charge is 0.296 e. The van der Waals surface area contributed by atoms with Crippen molar-refractivity contribution in [3.05, 3.63) is 62.9 Å². The summed E-state index contributed by atoms with van der Waals surface area (Å²) in [5, 5.41) is 13.6. The number of benzene rings is 1. The lowest BCUT2D eigenvalue weighted by Gasteiger charge is -2.02. The van der Waals surface area contributed by atoms with Crippen LogP contribution in [0.1, 0.15) is 56.1 Å². The van der Waals surface area contributed by atoms with E-state index in [0.29, 0.717) is 22.3 Å². The number of aryl methyl sites for hydroxylation is 2. The van der Waals surface area contributed by atoms with E-state index in [1.807, 2.05) is 32.0 Å². The molecule has 0 unspecified atom stereocenters. The first-order chi connectivity index (χ1) is 14.1. The number of fused-ring (bicyclic) bond motifs is 1. The first-order valence-corrected chi connectivity index (χ1v) is 11.2. The molecule has 0 saturated heterocycles. The van der Waals surface area contributed by atoms with Crippen LogP contribution in [-0.2, 0) is 6.42 Å². The maximum absolute atomic E-state index is 12.9. The number of thiophene rings is 1. The number of carbonyl (C=O) groups excluding carboxylic acids is 1. The maximum Gasteiger partial charge on any atom is 0.267 e. The molecule has 0 spiro atoms. The predicted molar refractivity (Wildman–Crippen MR) is 116 cm³/mol. The van der Waals surface area contributed by atoms with E-state index in [1.54, 1.807) is 0 Å². The summed E-state index contributed by atoms with van der Waals surface area (Å²) in [6.45, 7) is 3.96. The third kappa shape index (κ3) is 3.65. The second-order valence-electron chi connectivity index (χ2n) is 7.30. The number of nitrogens with one attached hydrogen (secondary N) is 1. The molecule has 0 bridgehead atoms. The van der Waals surface area contributed by atoms with Gasteiger partial charge >= 0.3 is 0 Å². The van der Waals surface area contributed by atoms with Crippen LogP contribution < -0.4 is 5.32 Å². The summed E-state index contributed by atoms with van der Waals surface area (Å²) in [5.41, 5.74) is 3.05. The third-order valence-corrected chi connectivity index (χ3v) is 7.05. The number of aromatic nitrogens is 4. The van der Waals surface area contributed by atoms with Crippen LogP contribution in [0.25, 0.3) is 10.2 Å². The number of rotatable bonds is 5. The van der Waals surface area contributed by atoms with Gasteiger partial charge in [0, 0.05) is 17.7 Å². The van der Waals surface area contributed by atoms with Crippen molar-refractivity contribution in [2.75, 3.05) is 5.32 Å². The Kier molecular flexibility index (Phi) is 4.60. The molecule has 1 saturated carbocycles. The smallest absolute Gasteiger partial charge is 0.267 e. The molecule has 1 N–H and O–H groups in total. The van der Waals surface area contributed by atoms with Crippen LogP contribution in [-0.4, -0.2) is 26.1 Å². The van der Waals surface area contributed by atoms with Gasteiger partial charge in [-0.15, -0.1) is 21.5 Å². The molecule has 146 valence electrons. The molecule has 3 aromatic heterocycles. The standard InChI is InChI=1S/C21H19N5OS2/c1-11-16-12(2)22-18(14-8-9-14)23-20(16)29-17(11)19(27)24-21-26-25-15(28-21)10-13-6-4-3-5-7-13/h3-7,14H,8-10H2,1-2H3,(H,24,26,27). The number of amides is 1. The molecule has 3 heterocycles. The Morgan fingerprint density at radius 3 is 2.66 bits per heavy atom. The van der Waals surface area contributed by atoms with Gasteiger partial charge in [0.1, 0.15) is 15.7 Å². The summed E-state index contributed by atoms with van der Waals surface area (Å²) in [6.07, 6.45) is 3.02. The molecule has 5 rings (SSSR count). The van der Waals surface area contributed by atoms with E-state index in [0.717, 1.165) is 45.1 Å². The minimum atomic E-state index is -0.166. The van der Waals surface area contributed by atoms with Crippen LogP contribution in [0, 0.1) is 13.8 Å². The number of anilines is 1. The van der Waals surface area contributed by atoms with Crippen LogP contribution in [0.3, 0.4) is 0 Å². The molecule has 1 aliphatic rings. The van der Waals surface area contributed by atoms with E-state index >= 15 is 0 Å². The Morgan fingerprint density at radius 2 is 1.90 bits per heavy atom. The molecule has 4 aromatic rings. The van der Waals surface area contributed by atoms with Gasteiger partial charge in [-0.2, -0.15) is 0 Å². The van der Waals surface area contributed by atoms with Gasteiger partial charge in [-0.25, -0.2) is 9.97 Å². The highest BCUT2D eigenvalue weighted by Crippen LogP contribution is 2.40. The molecule has 29 heavy (non-hydrogen) atoms. The SMILES string of the molecule is Cc1nc(C2CC2)nc2sc(C(=O)Nc3nnc(Cc4ccccc4)s3)c(C)c12. The summed E-state index contributed by atoms with van der Waals surface area (Å²) in [7, 11) is 0. The Balaban J connectivity index is 1.37. The molecule has 0 radical (unpaired) electrons. The van der Waals surface area contributed by atoms with E-state index < -0.39 is 0 Å². The lowest BCUT2D eigenvalue weighted by atomic mass is 10.1. The zero-order chi connectivity index (χ0) is 20.0. The van der Waals surface area contributed by atoms with Crippen molar-refractivity contribution in [1.29, 1.82) is 0 Å². The fourth-order valence-corrected chi connectivity index (χ4v) is 5.30. The van der Waals surface area contributed by atoms with Gasteiger partial charge in [-0.1, -0.05) is 41.7 Å². The Hall–Kier alpha value is -2.71. The monoisotopic (exact) mass is 421 g/mol. The number of carbonyl (C=O) groups is 1. The average Bonchev–Trinajstić information content (AvgIpc) is 3.39. The summed E-state index contributed by atoms with van der Waals surface area (Å²) in [4.78, 5) is 23.8. The molecule has 1 aliphatic carbocycles. The highest BCUT2D eigenvalue weighted by Gasteiger charge is 2.28. The van der Waals surface area contributed by atoms with Crippen LogP contribution in [0.15, 0.2) is 30.3 Å². The van der Waals surface area contributed by atoms with Crippen molar-refractivity contribution in [2.45, 2.75) is 39.0 Å². The third-order valence-electron chi connectivity index (χ3n) is 5.02. The minimum absolute atomic E-state index is 0.166. The van der Waals surface area contributed by atoms with Gasteiger partial charge in [0.05, 0.1) is 10.6 Å². The first-order valence-electron chi connectivity index (χ1n) is 9.54. The Morgan fingerprint density at radius 1 is 1.10 bits per heavy atom. The number of hydrogen-bond donors (Lipinski definition) is 1. The van der Waals surface area contributed by atoms with Crippen LogP contribution in [0.5, 0.6) is 0 Å². The average molecular weight is 422 g/mol. The van der Waals surface area contributed by atoms with Crippen molar-refractivity contribution in [3.8, 4) is 0 Å². The van der Waals surface area contributed by atoms with Crippen molar-refractivity contribution >= 4 is 43.9 Å². The zero-order valence-corrected chi connectivity index (χ0v) is 17.7. The van der Waals surface area contributed by atoms with Crippen molar-refractivity contribution in [1.82, 2.24) is 20.2 Å². The van der Waals surface area contributed by atoms with E-state index in [4.69, 9.17) is 4.98 Å². The fraction of sp³-hybridized carbons (Fsp3) is 0.286. The second-order valence-corrected chi connectivity index (χ2v) is 9.36. The van der Waals surface area contributed by atoms with Crippen LogP contribution >= 0.6 is 22.7 Å². The highest BCUT2D eigenvalue weighted by molar-refractivity contribution is 7.21. The van der Waals surface area contributed by atoms with Gasteiger partial charge in [0.15, 0.2) is 0 Å². The summed E-state index contributed by atoms with van der Waals surface area (Å²) < 4.78 is 0. The molecular formula is C21H19N5OS2. The first kappa shape index (κ1) is 18.3. The number of nitrogens with zero attached hydrogens (tertiary/aromatic N) is 4. The molecule has 8 heteroatoms. The van der Waals surface area contributed by atoms with E-state index in [9.17, 15) is 4.79 Å². The highest BCUT2D eigenvalue weighted by atomic mass is 32.1. The summed E-state index contributed by atoms with van der Waals surface area (Å²) >= 11 is 2.83. The second kappa shape index (κ2) is 7.27. The van der Waals surface area contributed by atoms with Gasteiger partial charge in [-0.05, 0) is 37.8 Å². The van der Waals surface area contributed by atoms with Crippen molar-refractivity contribution in [2.24, 2.45) is 0 Å². The molecule has 6 nitrogen and oxygen atoms in total. The topological polar surface area (TPSA) is 80.7 Å². The Bertz CT molecular complexity index is 1210. The van der Waals surface area contributed by atoms with Gasteiger partial charge in [0.25, 0.3) is 5.91 Å². The lowest BCUT2D eigenvalue weighted by molar-refractivity contribution is 0.103. The van der Waals surface area contributed by atoms with Crippen LogP contribution in [0.2, 0.25) is 0 Å². The number of hydrogen-bond acceptors (Lipinski definition) is 7. The van der Waals surface area contributed by atoms with Gasteiger partial charge in [-0.3, -0.25) is 10.1 Å². The molecule has 0 atom stereocenters. The fourth-order valence-electron chi connectivity index (χ4n) is 3.40. The molecule has 1 amide bonds. The summed E-state index contributed by atoms with van der Waals surface area (Å²) in [5.74, 6) is 1.24. The lowest BCUT2D eigenvalue weighted by Crippen LogP contribution is -2.11. The zero-order valence-electron chi connectivity index (χ0n) is 16.1. The van der Waals surface area contributed by atoms with Gasteiger partial charge in [0.2, 0.25) is 5.13 Å². The Labute approximate surface area is 176 Å². The molecule has 1 fully saturated rings. The molecular weight excluding hydrogens is 402 g/mol.